The van der Waals surface area contributed by atoms with Gasteiger partial charge >= 0.3 is 17.9 Å². The van der Waals surface area contributed by atoms with E-state index in [1.165, 1.54) is 64.2 Å². The maximum Gasteiger partial charge on any atom is 0.306 e. The van der Waals surface area contributed by atoms with Crippen molar-refractivity contribution in [3.05, 3.63) is 158 Å². The van der Waals surface area contributed by atoms with Gasteiger partial charge in [0.25, 0.3) is 0 Å². The van der Waals surface area contributed by atoms with E-state index in [4.69, 9.17) is 14.2 Å². The van der Waals surface area contributed by atoms with Gasteiger partial charge in [0.05, 0.1) is 0 Å². The van der Waals surface area contributed by atoms with E-state index in [9.17, 15) is 14.4 Å². The molecule has 0 amide bonds. The molecule has 0 saturated carbocycles. The van der Waals surface area contributed by atoms with Crippen molar-refractivity contribution in [2.45, 2.75) is 258 Å². The second kappa shape index (κ2) is 63.6. The highest BCUT2D eigenvalue weighted by Gasteiger charge is 2.19. The van der Waals surface area contributed by atoms with E-state index in [1.807, 2.05) is 0 Å². The number of ether oxygens (including phenoxy) is 3. The Morgan fingerprint density at radius 1 is 0.273 bits per heavy atom. The van der Waals surface area contributed by atoms with E-state index >= 15 is 0 Å². The van der Waals surface area contributed by atoms with Crippen LogP contribution >= 0.6 is 0 Å². The Kier molecular flexibility index (Phi) is 59.5. The smallest absolute Gasteiger partial charge is 0.306 e. The third kappa shape index (κ3) is 61.8. The van der Waals surface area contributed by atoms with Gasteiger partial charge in [-0.1, -0.05) is 269 Å². The number of carbonyl (C=O) groups excluding carboxylic acids is 3. The lowest BCUT2D eigenvalue weighted by molar-refractivity contribution is -0.167. The fourth-order valence-electron chi connectivity index (χ4n) is 7.96. The minimum atomic E-state index is -0.820. The zero-order valence-electron chi connectivity index (χ0n) is 49.4. The monoisotopic (exact) mass is 1060 g/mol. The summed E-state index contributed by atoms with van der Waals surface area (Å²) in [7, 11) is 0. The third-order valence-corrected chi connectivity index (χ3v) is 12.5. The first-order chi connectivity index (χ1) is 38.0. The van der Waals surface area contributed by atoms with Crippen LogP contribution in [-0.4, -0.2) is 37.2 Å². The number of unbranched alkanes of at least 4 members (excludes halogenated alkanes) is 17. The van der Waals surface area contributed by atoms with Crippen LogP contribution in [0.1, 0.15) is 252 Å². The van der Waals surface area contributed by atoms with Gasteiger partial charge in [0.15, 0.2) is 6.10 Å². The highest BCUT2D eigenvalue weighted by molar-refractivity contribution is 5.71. The summed E-state index contributed by atoms with van der Waals surface area (Å²) in [6.45, 7) is 6.33. The lowest BCUT2D eigenvalue weighted by Crippen LogP contribution is -2.30. The second-order valence-electron chi connectivity index (χ2n) is 19.9. The molecule has 0 aromatic rings. The van der Waals surface area contributed by atoms with Crippen LogP contribution in [0.25, 0.3) is 0 Å². The lowest BCUT2D eigenvalue weighted by Gasteiger charge is -2.18. The topological polar surface area (TPSA) is 78.9 Å². The third-order valence-electron chi connectivity index (χ3n) is 12.5. The molecule has 0 aliphatic rings. The lowest BCUT2D eigenvalue weighted by atomic mass is 10.1. The second-order valence-corrected chi connectivity index (χ2v) is 19.9. The van der Waals surface area contributed by atoms with Crippen LogP contribution in [0.15, 0.2) is 158 Å². The maximum atomic E-state index is 12.8. The number of esters is 3. The molecule has 0 fully saturated rings. The van der Waals surface area contributed by atoms with E-state index in [1.54, 1.807) is 0 Å². The molecule has 432 valence electrons. The predicted octanol–water partition coefficient (Wildman–Crippen LogP) is 21.3. The fraction of sp³-hybridized carbons (Fsp3) is 0.592. The van der Waals surface area contributed by atoms with Gasteiger partial charge in [-0.2, -0.15) is 0 Å². The van der Waals surface area contributed by atoms with E-state index in [-0.39, 0.29) is 37.5 Å². The standard InChI is InChI=1S/C71H112O6/c1-4-7-10-13-16-19-22-24-26-28-29-30-31-32-33-34-35-36-37-38-39-40-41-43-44-46-49-52-55-58-61-64-70(73)76-67-68(66-75-69(72)63-60-57-54-51-48-21-18-15-12-9-6-3)77-71(74)65-62-59-56-53-50-47-45-42-27-25-23-20-17-14-11-8-5-2/h7-8,10-11,16-17,19-20,24-27,29-30,32-33,35-36,38-39,41,43,45,47,53,56,68H,4-6,9,12-15,18,21-23,28,31,34,37,40,42,44,46,48-52,54-55,57-67H2,1-3H3/b10-7-,11-8-,19-16-,20-17-,26-24-,27-25-,30-29-,33-32-,36-35-,39-38-,43-41-,47-45-,56-53-. The molecule has 0 rings (SSSR count). The normalized spacial score (nSPS) is 13.2. The predicted molar refractivity (Wildman–Crippen MR) is 334 cm³/mol. The summed E-state index contributed by atoms with van der Waals surface area (Å²) in [6, 6.07) is 0. The van der Waals surface area contributed by atoms with Gasteiger partial charge < -0.3 is 14.2 Å². The molecule has 0 radical (unpaired) electrons. The molecule has 0 aliphatic heterocycles. The Balaban J connectivity index is 4.38. The molecule has 0 bridgehead atoms. The van der Waals surface area contributed by atoms with Crippen LogP contribution in [0.3, 0.4) is 0 Å². The van der Waals surface area contributed by atoms with Crippen LogP contribution in [-0.2, 0) is 28.6 Å². The van der Waals surface area contributed by atoms with Crippen molar-refractivity contribution in [1.82, 2.24) is 0 Å². The molecule has 6 heteroatoms. The van der Waals surface area contributed by atoms with Gasteiger partial charge in [0, 0.05) is 19.3 Å². The van der Waals surface area contributed by atoms with Crippen LogP contribution in [0.2, 0.25) is 0 Å². The zero-order valence-corrected chi connectivity index (χ0v) is 49.4. The first-order valence-corrected chi connectivity index (χ1v) is 31.0. The summed E-state index contributed by atoms with van der Waals surface area (Å²) in [4.78, 5) is 38.2. The molecule has 6 nitrogen and oxygen atoms in total. The molecule has 0 aliphatic carbocycles. The average molecular weight is 1060 g/mol. The van der Waals surface area contributed by atoms with Crippen molar-refractivity contribution in [2.75, 3.05) is 13.2 Å². The van der Waals surface area contributed by atoms with Gasteiger partial charge in [0.1, 0.15) is 13.2 Å². The first kappa shape index (κ1) is 72.0. The number of allylic oxidation sites excluding steroid dienone is 26. The van der Waals surface area contributed by atoms with Crippen molar-refractivity contribution < 1.29 is 28.6 Å². The summed E-state index contributed by atoms with van der Waals surface area (Å²) in [5.74, 6) is -0.989. The summed E-state index contributed by atoms with van der Waals surface area (Å²) in [5.41, 5.74) is 0. The summed E-state index contributed by atoms with van der Waals surface area (Å²) in [6.07, 6.45) is 92.5. The van der Waals surface area contributed by atoms with Crippen LogP contribution in [0.4, 0.5) is 0 Å². The molecule has 1 unspecified atom stereocenters. The Morgan fingerprint density at radius 3 is 0.831 bits per heavy atom. The molecule has 0 aromatic carbocycles. The van der Waals surface area contributed by atoms with Crippen molar-refractivity contribution in [1.29, 1.82) is 0 Å². The SMILES string of the molecule is CC/C=C\C/C=C\C/C=C\C/C=C\C/C=C\C/C=C\C/C=C\C/C=C\CCCCCCCCC(=O)OCC(COC(=O)CCCCCCCCCCCCC)OC(=O)CCC/C=C\C/C=C\C/C=C\C/C=C\C/C=C\CC. The molecule has 0 N–H and O–H groups in total. The summed E-state index contributed by atoms with van der Waals surface area (Å²) < 4.78 is 16.8. The van der Waals surface area contributed by atoms with E-state index in [0.29, 0.717) is 19.3 Å². The Morgan fingerprint density at radius 2 is 0.519 bits per heavy atom. The Hall–Kier alpha value is -4.97. The Labute approximate surface area is 473 Å². The van der Waals surface area contributed by atoms with Gasteiger partial charge in [-0.25, -0.2) is 0 Å². The van der Waals surface area contributed by atoms with E-state index in [2.05, 4.69) is 179 Å². The highest BCUT2D eigenvalue weighted by Crippen LogP contribution is 2.14. The van der Waals surface area contributed by atoms with Crippen molar-refractivity contribution >= 4 is 17.9 Å². The highest BCUT2D eigenvalue weighted by atomic mass is 16.6. The molecular formula is C71H112O6. The minimum Gasteiger partial charge on any atom is -0.462 e. The number of rotatable bonds is 54. The van der Waals surface area contributed by atoms with Crippen molar-refractivity contribution in [3.63, 3.8) is 0 Å². The molecule has 0 saturated heterocycles. The first-order valence-electron chi connectivity index (χ1n) is 31.0. The summed E-state index contributed by atoms with van der Waals surface area (Å²) in [5, 5.41) is 0. The van der Waals surface area contributed by atoms with E-state index in [0.717, 1.165) is 141 Å². The summed E-state index contributed by atoms with van der Waals surface area (Å²) >= 11 is 0. The van der Waals surface area contributed by atoms with Gasteiger partial charge in [-0.05, 0) is 122 Å². The van der Waals surface area contributed by atoms with Crippen molar-refractivity contribution in [2.24, 2.45) is 0 Å². The van der Waals surface area contributed by atoms with Crippen LogP contribution < -0.4 is 0 Å². The minimum absolute atomic E-state index is 0.110. The van der Waals surface area contributed by atoms with Crippen molar-refractivity contribution in [3.8, 4) is 0 Å². The number of hydrogen-bond acceptors (Lipinski definition) is 6. The van der Waals surface area contributed by atoms with Gasteiger partial charge in [-0.3, -0.25) is 14.4 Å². The largest absolute Gasteiger partial charge is 0.462 e. The number of carbonyl (C=O) groups is 3. The van der Waals surface area contributed by atoms with Gasteiger partial charge in [0.2, 0.25) is 0 Å². The molecule has 0 aromatic heterocycles. The zero-order chi connectivity index (χ0) is 55.7. The van der Waals surface area contributed by atoms with Crippen LogP contribution in [0, 0.1) is 0 Å². The Bertz CT molecular complexity index is 1740. The average Bonchev–Trinajstić information content (AvgIpc) is 3.43. The maximum absolute atomic E-state index is 12.8. The van der Waals surface area contributed by atoms with Gasteiger partial charge in [-0.15, -0.1) is 0 Å². The number of hydrogen-bond donors (Lipinski definition) is 0. The quantitative estimate of drug-likeness (QED) is 0.0261. The molecular weight excluding hydrogens is 949 g/mol. The van der Waals surface area contributed by atoms with E-state index < -0.39 is 6.10 Å². The molecule has 1 atom stereocenters. The molecule has 0 heterocycles. The van der Waals surface area contributed by atoms with Crippen LogP contribution in [0.5, 0.6) is 0 Å². The molecule has 0 spiro atoms. The molecule has 77 heavy (non-hydrogen) atoms. The fourth-order valence-corrected chi connectivity index (χ4v) is 7.96.